The molecule has 0 saturated carbocycles. The van der Waals surface area contributed by atoms with Crippen molar-refractivity contribution < 1.29 is 0 Å². The minimum Gasteiger partial charge on any atom is -0.314 e. The molecule has 0 atom stereocenters. The zero-order valence-electron chi connectivity index (χ0n) is 16.1. The van der Waals surface area contributed by atoms with Gasteiger partial charge in [0.25, 0.3) is 0 Å². The predicted octanol–water partition coefficient (Wildman–Crippen LogP) is 7.25. The van der Waals surface area contributed by atoms with Crippen LogP contribution >= 0.6 is 0 Å². The molecular weight excluding hydrogens is 266 g/mol. The summed E-state index contributed by atoms with van der Waals surface area (Å²) in [5.74, 6) is 0. The Morgan fingerprint density at radius 1 is 0.500 bits per heavy atom. The first-order chi connectivity index (χ1) is 10.8. The summed E-state index contributed by atoms with van der Waals surface area (Å²) >= 11 is 0. The molecule has 0 aromatic heterocycles. The highest BCUT2D eigenvalue weighted by molar-refractivity contribution is 4.61. The van der Waals surface area contributed by atoms with Gasteiger partial charge >= 0.3 is 0 Å². The molecule has 0 fully saturated rings. The van der Waals surface area contributed by atoms with Crippen LogP contribution in [0.25, 0.3) is 0 Å². The van der Waals surface area contributed by atoms with Crippen LogP contribution in [0.2, 0.25) is 0 Å². The van der Waals surface area contributed by atoms with Crippen molar-refractivity contribution in [2.45, 2.75) is 130 Å². The molecule has 0 saturated heterocycles. The first-order valence-electron chi connectivity index (χ1n) is 10.6. The predicted molar refractivity (Wildman–Crippen MR) is 103 cm³/mol. The Morgan fingerprint density at radius 2 is 0.864 bits per heavy atom. The van der Waals surface area contributed by atoms with Gasteiger partial charge in [-0.15, -0.1) is 0 Å². The summed E-state index contributed by atoms with van der Waals surface area (Å²) < 4.78 is 0. The van der Waals surface area contributed by atoms with Crippen molar-refractivity contribution in [1.82, 2.24) is 5.32 Å². The maximum Gasteiger partial charge on any atom is 0.00618 e. The van der Waals surface area contributed by atoms with Gasteiger partial charge in [-0.25, -0.2) is 0 Å². The van der Waals surface area contributed by atoms with Crippen LogP contribution in [-0.2, 0) is 0 Å². The van der Waals surface area contributed by atoms with Crippen molar-refractivity contribution in [3.05, 3.63) is 0 Å². The van der Waals surface area contributed by atoms with E-state index in [-0.39, 0.29) is 0 Å². The topological polar surface area (TPSA) is 12.0 Å². The highest BCUT2D eigenvalue weighted by Gasteiger charge is 2.00. The molecule has 0 aromatic rings. The van der Waals surface area contributed by atoms with E-state index in [1.165, 1.54) is 109 Å². The van der Waals surface area contributed by atoms with E-state index in [1.54, 1.807) is 0 Å². The fourth-order valence-electron chi connectivity index (χ4n) is 3.20. The monoisotopic (exact) mass is 311 g/mol. The minimum atomic E-state index is 0.752. The summed E-state index contributed by atoms with van der Waals surface area (Å²) in [4.78, 5) is 0. The summed E-state index contributed by atoms with van der Waals surface area (Å²) in [5, 5.41) is 3.66. The van der Waals surface area contributed by atoms with Gasteiger partial charge < -0.3 is 5.32 Å². The summed E-state index contributed by atoms with van der Waals surface area (Å²) in [6, 6.07) is 0.752. The lowest BCUT2D eigenvalue weighted by Gasteiger charge is -2.14. The normalized spacial score (nSPS) is 11.5. The molecular formula is C21H45N. The molecule has 0 heterocycles. The second kappa shape index (κ2) is 19.0. The Hall–Kier alpha value is -0.0400. The highest BCUT2D eigenvalue weighted by atomic mass is 14.9. The van der Waals surface area contributed by atoms with Gasteiger partial charge in [0.05, 0.1) is 0 Å². The summed E-state index contributed by atoms with van der Waals surface area (Å²) in [6.07, 6.45) is 22.8. The molecule has 0 amide bonds. The van der Waals surface area contributed by atoms with E-state index >= 15 is 0 Å². The molecule has 1 heteroatoms. The van der Waals surface area contributed by atoms with Crippen LogP contribution < -0.4 is 5.32 Å². The SMILES string of the molecule is CCCCCCCCCCCCCCCCNC(CC)CC. The van der Waals surface area contributed by atoms with E-state index in [2.05, 4.69) is 26.1 Å². The lowest BCUT2D eigenvalue weighted by Crippen LogP contribution is -2.28. The van der Waals surface area contributed by atoms with Gasteiger partial charge in [0, 0.05) is 6.04 Å². The average molecular weight is 312 g/mol. The van der Waals surface area contributed by atoms with Gasteiger partial charge in [-0.3, -0.25) is 0 Å². The van der Waals surface area contributed by atoms with Gasteiger partial charge in [-0.2, -0.15) is 0 Å². The first kappa shape index (κ1) is 22.0. The lowest BCUT2D eigenvalue weighted by atomic mass is 10.0. The van der Waals surface area contributed by atoms with Gasteiger partial charge in [0.1, 0.15) is 0 Å². The molecule has 1 nitrogen and oxygen atoms in total. The quantitative estimate of drug-likeness (QED) is 0.263. The maximum atomic E-state index is 3.66. The molecule has 0 aliphatic rings. The molecule has 0 aliphatic carbocycles. The number of nitrogens with one attached hydrogen (secondary N) is 1. The average Bonchev–Trinajstić information content (AvgIpc) is 2.55. The Kier molecular flexibility index (Phi) is 19.0. The number of hydrogen-bond donors (Lipinski definition) is 1. The third-order valence-electron chi connectivity index (χ3n) is 4.95. The van der Waals surface area contributed by atoms with Crippen LogP contribution in [0.15, 0.2) is 0 Å². The Morgan fingerprint density at radius 3 is 1.23 bits per heavy atom. The van der Waals surface area contributed by atoms with Gasteiger partial charge in [0.15, 0.2) is 0 Å². The van der Waals surface area contributed by atoms with E-state index in [1.807, 2.05) is 0 Å². The largest absolute Gasteiger partial charge is 0.314 e. The van der Waals surface area contributed by atoms with Crippen LogP contribution in [0.5, 0.6) is 0 Å². The lowest BCUT2D eigenvalue weighted by molar-refractivity contribution is 0.466. The molecule has 0 aliphatic heterocycles. The highest BCUT2D eigenvalue weighted by Crippen LogP contribution is 2.12. The fraction of sp³-hybridized carbons (Fsp3) is 1.00. The Labute approximate surface area is 142 Å². The zero-order valence-corrected chi connectivity index (χ0v) is 16.1. The summed E-state index contributed by atoms with van der Waals surface area (Å²) in [7, 11) is 0. The van der Waals surface area contributed by atoms with Crippen molar-refractivity contribution in [1.29, 1.82) is 0 Å². The third-order valence-corrected chi connectivity index (χ3v) is 4.95. The third kappa shape index (κ3) is 16.3. The standard InChI is InChI=1S/C21H45N/c1-4-7-8-9-10-11-12-13-14-15-16-17-18-19-20-22-21(5-2)6-3/h21-22H,4-20H2,1-3H3. The zero-order chi connectivity index (χ0) is 16.3. The van der Waals surface area contributed by atoms with Crippen molar-refractivity contribution >= 4 is 0 Å². The van der Waals surface area contributed by atoms with Gasteiger partial charge in [0.2, 0.25) is 0 Å². The Bertz CT molecular complexity index is 186. The van der Waals surface area contributed by atoms with Crippen molar-refractivity contribution in [3.63, 3.8) is 0 Å². The molecule has 0 spiro atoms. The van der Waals surface area contributed by atoms with Crippen molar-refractivity contribution in [3.8, 4) is 0 Å². The van der Waals surface area contributed by atoms with Crippen LogP contribution in [-0.4, -0.2) is 12.6 Å². The number of unbranched alkanes of at least 4 members (excludes halogenated alkanes) is 13. The van der Waals surface area contributed by atoms with Crippen molar-refractivity contribution in [2.75, 3.05) is 6.54 Å². The smallest absolute Gasteiger partial charge is 0.00618 e. The molecule has 1 N–H and O–H groups in total. The maximum absolute atomic E-state index is 3.66. The van der Waals surface area contributed by atoms with Crippen LogP contribution in [0.1, 0.15) is 124 Å². The molecule has 0 radical (unpaired) electrons. The van der Waals surface area contributed by atoms with E-state index in [9.17, 15) is 0 Å². The van der Waals surface area contributed by atoms with Gasteiger partial charge in [-0.05, 0) is 25.8 Å². The molecule has 0 aromatic carbocycles. The van der Waals surface area contributed by atoms with E-state index < -0.39 is 0 Å². The number of rotatable bonds is 18. The van der Waals surface area contributed by atoms with E-state index in [0.29, 0.717) is 0 Å². The second-order valence-electron chi connectivity index (χ2n) is 7.06. The molecule has 0 unspecified atom stereocenters. The van der Waals surface area contributed by atoms with Crippen LogP contribution in [0.4, 0.5) is 0 Å². The molecule has 134 valence electrons. The second-order valence-corrected chi connectivity index (χ2v) is 7.06. The molecule has 22 heavy (non-hydrogen) atoms. The van der Waals surface area contributed by atoms with Crippen LogP contribution in [0.3, 0.4) is 0 Å². The number of hydrogen-bond acceptors (Lipinski definition) is 1. The molecule has 0 rings (SSSR count). The Balaban J connectivity index is 3.02. The van der Waals surface area contributed by atoms with Crippen molar-refractivity contribution in [2.24, 2.45) is 0 Å². The van der Waals surface area contributed by atoms with Crippen LogP contribution in [0, 0.1) is 0 Å². The first-order valence-corrected chi connectivity index (χ1v) is 10.6. The summed E-state index contributed by atoms with van der Waals surface area (Å²) in [5.41, 5.74) is 0. The van der Waals surface area contributed by atoms with E-state index in [0.717, 1.165) is 6.04 Å². The van der Waals surface area contributed by atoms with Gasteiger partial charge in [-0.1, -0.05) is 104 Å². The fourth-order valence-corrected chi connectivity index (χ4v) is 3.20. The minimum absolute atomic E-state index is 0.752. The molecule has 0 bridgehead atoms. The summed E-state index contributed by atoms with van der Waals surface area (Å²) in [6.45, 7) is 8.09. The van der Waals surface area contributed by atoms with E-state index in [4.69, 9.17) is 0 Å².